The smallest absolute Gasteiger partial charge is 0.119 e. The lowest BCUT2D eigenvalue weighted by Gasteiger charge is -2.24. The Morgan fingerprint density at radius 1 is 1.24 bits per heavy atom. The van der Waals surface area contributed by atoms with Gasteiger partial charge in [0.05, 0.1) is 5.60 Å². The van der Waals surface area contributed by atoms with Crippen molar-refractivity contribution < 1.29 is 14.9 Å². The molecule has 0 bridgehead atoms. The molecule has 0 amide bonds. The fourth-order valence-electron chi connectivity index (χ4n) is 2.21. The van der Waals surface area contributed by atoms with Crippen LogP contribution in [-0.2, 0) is 6.42 Å². The molecule has 120 valence electrons. The van der Waals surface area contributed by atoms with Crippen molar-refractivity contribution >= 4 is 0 Å². The summed E-state index contributed by atoms with van der Waals surface area (Å²) in [5.74, 6) is 0.768. The number of nitrogens with one attached hydrogen (secondary N) is 1. The van der Waals surface area contributed by atoms with Crippen molar-refractivity contribution in [3.05, 3.63) is 29.8 Å². The van der Waals surface area contributed by atoms with Gasteiger partial charge in [0.2, 0.25) is 0 Å². The molecule has 0 aliphatic heterocycles. The SMILES string of the molecule is CCCC(C)(O)CNCC(O)COc1ccc(CC)cc1. The molecule has 0 heterocycles. The van der Waals surface area contributed by atoms with E-state index in [1.807, 2.05) is 38.1 Å². The van der Waals surface area contributed by atoms with Crippen LogP contribution in [0.25, 0.3) is 0 Å². The summed E-state index contributed by atoms with van der Waals surface area (Å²) in [5, 5.41) is 23.0. The summed E-state index contributed by atoms with van der Waals surface area (Å²) in [6.45, 7) is 7.09. The Labute approximate surface area is 128 Å². The zero-order chi connectivity index (χ0) is 15.7. The highest BCUT2D eigenvalue weighted by atomic mass is 16.5. The molecule has 0 aromatic heterocycles. The maximum atomic E-state index is 10.0. The molecule has 2 atom stereocenters. The van der Waals surface area contributed by atoms with Crippen LogP contribution < -0.4 is 10.1 Å². The quantitative estimate of drug-likeness (QED) is 0.619. The molecule has 4 nitrogen and oxygen atoms in total. The Kier molecular flexibility index (Phi) is 7.72. The van der Waals surface area contributed by atoms with E-state index in [0.717, 1.165) is 25.0 Å². The maximum Gasteiger partial charge on any atom is 0.119 e. The van der Waals surface area contributed by atoms with Gasteiger partial charge in [-0.1, -0.05) is 32.4 Å². The topological polar surface area (TPSA) is 61.7 Å². The van der Waals surface area contributed by atoms with E-state index in [1.165, 1.54) is 5.56 Å². The van der Waals surface area contributed by atoms with E-state index < -0.39 is 11.7 Å². The standard InChI is InChI=1S/C17H29NO3/c1-4-10-17(3,20)13-18-11-15(19)12-21-16-8-6-14(5-2)7-9-16/h6-9,15,18-20H,4-5,10-13H2,1-3H3. The van der Waals surface area contributed by atoms with E-state index in [9.17, 15) is 10.2 Å². The van der Waals surface area contributed by atoms with E-state index in [2.05, 4.69) is 12.2 Å². The minimum absolute atomic E-state index is 0.244. The first-order chi connectivity index (χ1) is 9.96. The van der Waals surface area contributed by atoms with Gasteiger partial charge >= 0.3 is 0 Å². The highest BCUT2D eigenvalue weighted by molar-refractivity contribution is 5.27. The third-order valence-corrected chi connectivity index (χ3v) is 3.45. The molecule has 0 aliphatic rings. The van der Waals surface area contributed by atoms with Crippen molar-refractivity contribution in [1.82, 2.24) is 5.32 Å². The second-order valence-electron chi connectivity index (χ2n) is 5.84. The Hall–Kier alpha value is -1.10. The summed E-state index contributed by atoms with van der Waals surface area (Å²) in [7, 11) is 0. The normalized spacial score (nSPS) is 15.5. The number of aliphatic hydroxyl groups is 2. The molecule has 1 aromatic rings. The van der Waals surface area contributed by atoms with E-state index >= 15 is 0 Å². The average Bonchev–Trinajstić information content (AvgIpc) is 2.45. The van der Waals surface area contributed by atoms with E-state index in [4.69, 9.17) is 4.74 Å². The molecular formula is C17H29NO3. The van der Waals surface area contributed by atoms with Crippen molar-refractivity contribution in [2.45, 2.75) is 51.7 Å². The monoisotopic (exact) mass is 295 g/mol. The minimum atomic E-state index is -0.717. The first-order valence-corrected chi connectivity index (χ1v) is 7.79. The van der Waals surface area contributed by atoms with Crippen LogP contribution in [0.2, 0.25) is 0 Å². The van der Waals surface area contributed by atoms with Crippen LogP contribution in [-0.4, -0.2) is 41.6 Å². The number of hydrogen-bond donors (Lipinski definition) is 3. The van der Waals surface area contributed by atoms with Crippen LogP contribution in [0.15, 0.2) is 24.3 Å². The van der Waals surface area contributed by atoms with Crippen LogP contribution >= 0.6 is 0 Å². The van der Waals surface area contributed by atoms with Gasteiger partial charge in [-0.05, 0) is 37.5 Å². The average molecular weight is 295 g/mol. The third kappa shape index (κ3) is 7.46. The zero-order valence-electron chi connectivity index (χ0n) is 13.4. The van der Waals surface area contributed by atoms with Gasteiger partial charge in [0, 0.05) is 13.1 Å². The fourth-order valence-corrected chi connectivity index (χ4v) is 2.21. The Bertz CT molecular complexity index is 390. The number of rotatable bonds is 10. The first kappa shape index (κ1) is 18.0. The lowest BCUT2D eigenvalue weighted by Crippen LogP contribution is -2.41. The lowest BCUT2D eigenvalue weighted by atomic mass is 10.0. The summed E-state index contributed by atoms with van der Waals surface area (Å²) in [6, 6.07) is 7.90. The molecular weight excluding hydrogens is 266 g/mol. The van der Waals surface area contributed by atoms with E-state index in [-0.39, 0.29) is 6.61 Å². The van der Waals surface area contributed by atoms with Crippen molar-refractivity contribution in [3.8, 4) is 5.75 Å². The largest absolute Gasteiger partial charge is 0.491 e. The highest BCUT2D eigenvalue weighted by Crippen LogP contribution is 2.13. The van der Waals surface area contributed by atoms with Crippen LogP contribution in [0.5, 0.6) is 5.75 Å². The number of benzene rings is 1. The zero-order valence-corrected chi connectivity index (χ0v) is 13.4. The molecule has 1 aromatic carbocycles. The van der Waals surface area contributed by atoms with E-state index in [0.29, 0.717) is 13.1 Å². The number of aryl methyl sites for hydroxylation is 1. The fraction of sp³-hybridized carbons (Fsp3) is 0.647. The van der Waals surface area contributed by atoms with Gasteiger partial charge in [-0.3, -0.25) is 0 Å². The van der Waals surface area contributed by atoms with Crippen molar-refractivity contribution in [1.29, 1.82) is 0 Å². The van der Waals surface area contributed by atoms with Gasteiger partial charge in [-0.25, -0.2) is 0 Å². The second kappa shape index (κ2) is 9.03. The molecule has 0 spiro atoms. The van der Waals surface area contributed by atoms with E-state index in [1.54, 1.807) is 0 Å². The molecule has 21 heavy (non-hydrogen) atoms. The summed E-state index contributed by atoms with van der Waals surface area (Å²) < 4.78 is 5.54. The molecule has 0 saturated heterocycles. The van der Waals surface area contributed by atoms with Gasteiger partial charge in [-0.15, -0.1) is 0 Å². The molecule has 0 fully saturated rings. The van der Waals surface area contributed by atoms with Crippen molar-refractivity contribution in [2.24, 2.45) is 0 Å². The maximum absolute atomic E-state index is 10.0. The molecule has 0 aliphatic carbocycles. The molecule has 0 radical (unpaired) electrons. The molecule has 1 rings (SSSR count). The summed E-state index contributed by atoms with van der Waals surface area (Å²) in [4.78, 5) is 0. The van der Waals surface area contributed by atoms with Gasteiger partial charge < -0.3 is 20.3 Å². The van der Waals surface area contributed by atoms with Crippen LogP contribution in [0.1, 0.15) is 39.2 Å². The molecule has 4 heteroatoms. The first-order valence-electron chi connectivity index (χ1n) is 7.79. The molecule has 2 unspecified atom stereocenters. The van der Waals surface area contributed by atoms with Crippen molar-refractivity contribution in [3.63, 3.8) is 0 Å². The number of hydrogen-bond acceptors (Lipinski definition) is 4. The second-order valence-corrected chi connectivity index (χ2v) is 5.84. The van der Waals surface area contributed by atoms with Gasteiger partial charge in [-0.2, -0.15) is 0 Å². The Morgan fingerprint density at radius 3 is 2.48 bits per heavy atom. The molecule has 0 saturated carbocycles. The number of aliphatic hydroxyl groups excluding tert-OH is 1. The third-order valence-electron chi connectivity index (χ3n) is 3.45. The van der Waals surface area contributed by atoms with Gasteiger partial charge in [0.25, 0.3) is 0 Å². The minimum Gasteiger partial charge on any atom is -0.491 e. The predicted molar refractivity (Wildman–Crippen MR) is 85.7 cm³/mol. The van der Waals surface area contributed by atoms with Crippen molar-refractivity contribution in [2.75, 3.05) is 19.7 Å². The summed E-state index contributed by atoms with van der Waals surface area (Å²) in [5.41, 5.74) is 0.549. The van der Waals surface area contributed by atoms with Gasteiger partial charge in [0.1, 0.15) is 18.5 Å². The Balaban J connectivity index is 2.22. The summed E-state index contributed by atoms with van der Waals surface area (Å²) in [6.07, 6.45) is 2.10. The van der Waals surface area contributed by atoms with Crippen LogP contribution in [0.3, 0.4) is 0 Å². The van der Waals surface area contributed by atoms with Crippen LogP contribution in [0, 0.1) is 0 Å². The predicted octanol–water partition coefficient (Wildman–Crippen LogP) is 2.13. The Morgan fingerprint density at radius 2 is 1.90 bits per heavy atom. The van der Waals surface area contributed by atoms with Gasteiger partial charge in [0.15, 0.2) is 0 Å². The lowest BCUT2D eigenvalue weighted by molar-refractivity contribution is 0.0427. The van der Waals surface area contributed by atoms with Crippen LogP contribution in [0.4, 0.5) is 0 Å². The number of ether oxygens (including phenoxy) is 1. The molecule has 3 N–H and O–H groups in total. The highest BCUT2D eigenvalue weighted by Gasteiger charge is 2.18. The summed E-state index contributed by atoms with van der Waals surface area (Å²) >= 11 is 0.